The number of nitrogens with zero attached hydrogens (tertiary/aromatic N) is 1. The van der Waals surface area contributed by atoms with Gasteiger partial charge in [-0.05, 0) is 36.2 Å². The van der Waals surface area contributed by atoms with Crippen LogP contribution in [0.4, 0.5) is 5.69 Å². The Morgan fingerprint density at radius 1 is 1.00 bits per heavy atom. The van der Waals surface area contributed by atoms with E-state index in [0.717, 1.165) is 23.6 Å². The molecule has 104 valence electrons. The summed E-state index contributed by atoms with van der Waals surface area (Å²) in [6, 6.07) is 14.4. The smallest absolute Gasteiger partial charge is 0.269 e. The normalized spacial score (nSPS) is 10.4. The SMILES string of the molecule is O=[N+]([O-])c1ccc(CNCCc2ccc(Cl)cc2)cc1. The molecule has 0 atom stereocenters. The van der Waals surface area contributed by atoms with E-state index >= 15 is 0 Å². The van der Waals surface area contributed by atoms with E-state index in [1.165, 1.54) is 17.7 Å². The summed E-state index contributed by atoms with van der Waals surface area (Å²) in [4.78, 5) is 10.1. The molecule has 0 aromatic heterocycles. The molecular formula is C15H15ClN2O2. The van der Waals surface area contributed by atoms with Gasteiger partial charge in [-0.25, -0.2) is 0 Å². The number of hydrogen-bond acceptors (Lipinski definition) is 3. The molecule has 0 saturated carbocycles. The van der Waals surface area contributed by atoms with Crippen LogP contribution in [-0.4, -0.2) is 11.5 Å². The Kier molecular flexibility index (Phi) is 5.09. The number of nitrogens with one attached hydrogen (secondary N) is 1. The van der Waals surface area contributed by atoms with Gasteiger partial charge in [0, 0.05) is 23.7 Å². The van der Waals surface area contributed by atoms with Crippen LogP contribution < -0.4 is 5.32 Å². The van der Waals surface area contributed by atoms with Gasteiger partial charge in [0.15, 0.2) is 0 Å². The quantitative estimate of drug-likeness (QED) is 0.502. The second-order valence-electron chi connectivity index (χ2n) is 4.48. The van der Waals surface area contributed by atoms with Gasteiger partial charge < -0.3 is 5.32 Å². The van der Waals surface area contributed by atoms with Crippen molar-refractivity contribution in [3.63, 3.8) is 0 Å². The number of nitro groups is 1. The first kappa shape index (κ1) is 14.5. The Morgan fingerprint density at radius 2 is 1.60 bits per heavy atom. The van der Waals surface area contributed by atoms with Crippen LogP contribution in [-0.2, 0) is 13.0 Å². The average molecular weight is 291 g/mol. The van der Waals surface area contributed by atoms with Crippen LogP contribution in [0, 0.1) is 10.1 Å². The molecule has 0 spiro atoms. The monoisotopic (exact) mass is 290 g/mol. The van der Waals surface area contributed by atoms with Crippen molar-refractivity contribution >= 4 is 17.3 Å². The van der Waals surface area contributed by atoms with Crippen LogP contribution >= 0.6 is 11.6 Å². The van der Waals surface area contributed by atoms with E-state index in [0.29, 0.717) is 6.54 Å². The molecule has 0 saturated heterocycles. The topological polar surface area (TPSA) is 55.2 Å². The molecule has 0 radical (unpaired) electrons. The third-order valence-corrected chi connectivity index (χ3v) is 3.23. The van der Waals surface area contributed by atoms with Crippen LogP contribution in [0.5, 0.6) is 0 Å². The molecule has 2 aromatic rings. The molecule has 0 aliphatic heterocycles. The summed E-state index contributed by atoms with van der Waals surface area (Å²) in [6.07, 6.45) is 0.921. The first-order valence-electron chi connectivity index (χ1n) is 6.33. The van der Waals surface area contributed by atoms with Crippen molar-refractivity contribution in [2.45, 2.75) is 13.0 Å². The number of halogens is 1. The number of non-ortho nitro benzene ring substituents is 1. The molecule has 2 aromatic carbocycles. The third kappa shape index (κ3) is 4.33. The second kappa shape index (κ2) is 7.03. The van der Waals surface area contributed by atoms with Crippen molar-refractivity contribution in [2.75, 3.05) is 6.54 Å². The highest BCUT2D eigenvalue weighted by molar-refractivity contribution is 6.30. The zero-order valence-electron chi connectivity index (χ0n) is 10.9. The van der Waals surface area contributed by atoms with Crippen LogP contribution in [0.1, 0.15) is 11.1 Å². The molecule has 0 aliphatic rings. The second-order valence-corrected chi connectivity index (χ2v) is 4.91. The molecule has 0 bridgehead atoms. The van der Waals surface area contributed by atoms with Gasteiger partial charge in [-0.1, -0.05) is 35.9 Å². The number of hydrogen-bond donors (Lipinski definition) is 1. The van der Waals surface area contributed by atoms with E-state index in [4.69, 9.17) is 11.6 Å². The lowest BCUT2D eigenvalue weighted by Crippen LogP contribution is -2.16. The lowest BCUT2D eigenvalue weighted by Gasteiger charge is -2.05. The molecule has 0 unspecified atom stereocenters. The fraction of sp³-hybridized carbons (Fsp3) is 0.200. The van der Waals surface area contributed by atoms with Crippen molar-refractivity contribution in [3.05, 3.63) is 74.8 Å². The van der Waals surface area contributed by atoms with E-state index in [2.05, 4.69) is 5.32 Å². The Hall–Kier alpha value is -1.91. The van der Waals surface area contributed by atoms with Gasteiger partial charge in [-0.2, -0.15) is 0 Å². The Balaban J connectivity index is 1.75. The Morgan fingerprint density at radius 3 is 2.20 bits per heavy atom. The summed E-state index contributed by atoms with van der Waals surface area (Å²) in [5, 5.41) is 14.6. The number of nitro benzene ring substituents is 1. The zero-order valence-corrected chi connectivity index (χ0v) is 11.6. The van der Waals surface area contributed by atoms with E-state index in [9.17, 15) is 10.1 Å². The minimum atomic E-state index is -0.391. The predicted octanol–water partition coefficient (Wildman–Crippen LogP) is 3.58. The maximum Gasteiger partial charge on any atom is 0.269 e. The Labute approximate surface area is 122 Å². The highest BCUT2D eigenvalue weighted by Gasteiger charge is 2.03. The van der Waals surface area contributed by atoms with Gasteiger partial charge >= 0.3 is 0 Å². The van der Waals surface area contributed by atoms with Gasteiger partial charge in [0.05, 0.1) is 4.92 Å². The van der Waals surface area contributed by atoms with Crippen molar-refractivity contribution < 1.29 is 4.92 Å². The van der Waals surface area contributed by atoms with Gasteiger partial charge in [0.2, 0.25) is 0 Å². The number of benzene rings is 2. The molecule has 5 heteroatoms. The van der Waals surface area contributed by atoms with Gasteiger partial charge in [-0.3, -0.25) is 10.1 Å². The lowest BCUT2D eigenvalue weighted by molar-refractivity contribution is -0.384. The minimum absolute atomic E-state index is 0.120. The predicted molar refractivity (Wildman–Crippen MR) is 80.0 cm³/mol. The van der Waals surface area contributed by atoms with Gasteiger partial charge in [-0.15, -0.1) is 0 Å². The summed E-state index contributed by atoms with van der Waals surface area (Å²) < 4.78 is 0. The largest absolute Gasteiger partial charge is 0.312 e. The standard InChI is InChI=1S/C15H15ClN2O2/c16-14-5-1-12(2-6-14)9-10-17-11-13-3-7-15(8-4-13)18(19)20/h1-8,17H,9-11H2. The summed E-state index contributed by atoms with van der Waals surface area (Å²) >= 11 is 5.82. The van der Waals surface area contributed by atoms with Crippen molar-refractivity contribution in [3.8, 4) is 0 Å². The molecule has 4 nitrogen and oxygen atoms in total. The fourth-order valence-electron chi connectivity index (χ4n) is 1.85. The molecule has 0 amide bonds. The van der Waals surface area contributed by atoms with Gasteiger partial charge in [0.1, 0.15) is 0 Å². The summed E-state index contributed by atoms with van der Waals surface area (Å²) in [5.74, 6) is 0. The summed E-state index contributed by atoms with van der Waals surface area (Å²) in [6.45, 7) is 1.55. The molecule has 2 rings (SSSR count). The first-order valence-corrected chi connectivity index (χ1v) is 6.71. The highest BCUT2D eigenvalue weighted by Crippen LogP contribution is 2.12. The van der Waals surface area contributed by atoms with Crippen LogP contribution in [0.25, 0.3) is 0 Å². The molecule has 0 heterocycles. The lowest BCUT2D eigenvalue weighted by atomic mass is 10.1. The molecular weight excluding hydrogens is 276 g/mol. The molecule has 1 N–H and O–H groups in total. The fourth-order valence-corrected chi connectivity index (χ4v) is 1.98. The zero-order chi connectivity index (χ0) is 14.4. The maximum absolute atomic E-state index is 10.5. The average Bonchev–Trinajstić information content (AvgIpc) is 2.46. The maximum atomic E-state index is 10.5. The van der Waals surface area contributed by atoms with E-state index < -0.39 is 4.92 Å². The van der Waals surface area contributed by atoms with E-state index in [-0.39, 0.29) is 5.69 Å². The van der Waals surface area contributed by atoms with E-state index in [1.807, 2.05) is 24.3 Å². The minimum Gasteiger partial charge on any atom is -0.312 e. The van der Waals surface area contributed by atoms with Crippen molar-refractivity contribution in [1.82, 2.24) is 5.32 Å². The van der Waals surface area contributed by atoms with Crippen LogP contribution in [0.2, 0.25) is 5.02 Å². The molecule has 20 heavy (non-hydrogen) atoms. The van der Waals surface area contributed by atoms with Crippen molar-refractivity contribution in [1.29, 1.82) is 0 Å². The Bertz CT molecular complexity index is 567. The third-order valence-electron chi connectivity index (χ3n) is 2.98. The highest BCUT2D eigenvalue weighted by atomic mass is 35.5. The summed E-state index contributed by atoms with van der Waals surface area (Å²) in [5.41, 5.74) is 2.38. The van der Waals surface area contributed by atoms with E-state index in [1.54, 1.807) is 12.1 Å². The first-order chi connectivity index (χ1) is 9.65. The molecule has 0 fully saturated rings. The summed E-state index contributed by atoms with van der Waals surface area (Å²) in [7, 11) is 0. The molecule has 0 aliphatic carbocycles. The number of rotatable bonds is 6. The van der Waals surface area contributed by atoms with Crippen molar-refractivity contribution in [2.24, 2.45) is 0 Å². The van der Waals surface area contributed by atoms with Crippen LogP contribution in [0.15, 0.2) is 48.5 Å². The van der Waals surface area contributed by atoms with Gasteiger partial charge in [0.25, 0.3) is 5.69 Å². The van der Waals surface area contributed by atoms with Crippen LogP contribution in [0.3, 0.4) is 0 Å².